The topological polar surface area (TPSA) is 57.7 Å². The van der Waals surface area contributed by atoms with Crippen LogP contribution in [0.25, 0.3) is 0 Å². The summed E-state index contributed by atoms with van der Waals surface area (Å²) in [7, 11) is -2.08. The Hall–Kier alpha value is -2.34. The molecule has 162 valence electrons. The Morgan fingerprint density at radius 1 is 0.967 bits per heavy atom. The summed E-state index contributed by atoms with van der Waals surface area (Å²) in [6.45, 7) is 5.57. The Labute approximate surface area is 180 Å². The van der Waals surface area contributed by atoms with Gasteiger partial charge in [0.2, 0.25) is 5.91 Å². The minimum Gasteiger partial charge on any atom is -0.341 e. The standard InChI is InChI=1S/C24H32N2O3S/c1-18-13-15-22(16-14-18)30(28,29)26(23-12-8-9-19(2)20(23)3)17-24(27)25(4)21-10-6-5-7-11-21/h8-9,12-16,21H,5-7,10-11,17H2,1-4H3. The van der Waals surface area contributed by atoms with Crippen LogP contribution in [0.5, 0.6) is 0 Å². The first-order valence-electron chi connectivity index (χ1n) is 10.6. The first-order chi connectivity index (χ1) is 14.2. The second kappa shape index (κ2) is 9.21. The molecule has 5 nitrogen and oxygen atoms in total. The number of benzene rings is 2. The molecular weight excluding hydrogens is 396 g/mol. The predicted molar refractivity (Wildman–Crippen MR) is 121 cm³/mol. The van der Waals surface area contributed by atoms with E-state index in [4.69, 9.17) is 0 Å². The highest BCUT2D eigenvalue weighted by Crippen LogP contribution is 2.29. The highest BCUT2D eigenvalue weighted by Gasteiger charge is 2.31. The molecule has 1 amide bonds. The molecule has 0 N–H and O–H groups in total. The smallest absolute Gasteiger partial charge is 0.264 e. The van der Waals surface area contributed by atoms with Crippen molar-refractivity contribution in [2.45, 2.75) is 63.8 Å². The molecule has 0 aliphatic heterocycles. The fourth-order valence-corrected chi connectivity index (χ4v) is 5.52. The molecule has 0 atom stereocenters. The Kier molecular flexibility index (Phi) is 6.86. The third-order valence-corrected chi connectivity index (χ3v) is 8.02. The molecule has 30 heavy (non-hydrogen) atoms. The van der Waals surface area contributed by atoms with E-state index in [1.165, 1.54) is 10.7 Å². The van der Waals surface area contributed by atoms with E-state index in [9.17, 15) is 13.2 Å². The number of hydrogen-bond acceptors (Lipinski definition) is 3. The van der Waals surface area contributed by atoms with Gasteiger partial charge in [-0.1, -0.05) is 49.1 Å². The maximum atomic E-state index is 13.6. The van der Waals surface area contributed by atoms with Gasteiger partial charge in [-0.3, -0.25) is 9.10 Å². The first-order valence-corrected chi connectivity index (χ1v) is 12.1. The molecule has 0 spiro atoms. The Morgan fingerprint density at radius 2 is 1.60 bits per heavy atom. The van der Waals surface area contributed by atoms with Gasteiger partial charge >= 0.3 is 0 Å². The van der Waals surface area contributed by atoms with Crippen LogP contribution in [0.15, 0.2) is 47.4 Å². The largest absolute Gasteiger partial charge is 0.341 e. The van der Waals surface area contributed by atoms with E-state index in [1.54, 1.807) is 42.3 Å². The highest BCUT2D eigenvalue weighted by atomic mass is 32.2. The van der Waals surface area contributed by atoms with Crippen LogP contribution in [0.3, 0.4) is 0 Å². The zero-order chi connectivity index (χ0) is 21.9. The van der Waals surface area contributed by atoms with Crippen molar-refractivity contribution in [1.29, 1.82) is 0 Å². The number of likely N-dealkylation sites (N-methyl/N-ethyl adjacent to an activating group) is 1. The van der Waals surface area contributed by atoms with Gasteiger partial charge < -0.3 is 4.90 Å². The molecule has 1 saturated carbocycles. The van der Waals surface area contributed by atoms with Crippen molar-refractivity contribution in [3.63, 3.8) is 0 Å². The van der Waals surface area contributed by atoms with Crippen LogP contribution < -0.4 is 4.31 Å². The van der Waals surface area contributed by atoms with Gasteiger partial charge in [0.1, 0.15) is 6.54 Å². The molecule has 2 aromatic rings. The van der Waals surface area contributed by atoms with Crippen molar-refractivity contribution in [1.82, 2.24) is 4.90 Å². The number of sulfonamides is 1. The first kappa shape index (κ1) is 22.3. The summed E-state index contributed by atoms with van der Waals surface area (Å²) in [6, 6.07) is 12.5. The summed E-state index contributed by atoms with van der Waals surface area (Å²) in [5, 5.41) is 0. The average Bonchev–Trinajstić information content (AvgIpc) is 2.74. The fraction of sp³-hybridized carbons (Fsp3) is 0.458. The van der Waals surface area contributed by atoms with Crippen molar-refractivity contribution in [3.8, 4) is 0 Å². The highest BCUT2D eigenvalue weighted by molar-refractivity contribution is 7.92. The van der Waals surface area contributed by atoms with Crippen LogP contribution in [-0.2, 0) is 14.8 Å². The molecule has 0 radical (unpaired) electrons. The van der Waals surface area contributed by atoms with E-state index < -0.39 is 10.0 Å². The lowest BCUT2D eigenvalue weighted by molar-refractivity contribution is -0.130. The van der Waals surface area contributed by atoms with Crippen LogP contribution in [0.1, 0.15) is 48.8 Å². The SMILES string of the molecule is Cc1ccc(S(=O)(=O)N(CC(=O)N(C)C2CCCCC2)c2cccc(C)c2C)cc1. The zero-order valence-corrected chi connectivity index (χ0v) is 19.2. The molecule has 2 aromatic carbocycles. The molecule has 3 rings (SSSR count). The van der Waals surface area contributed by atoms with Gasteiger partial charge in [0.15, 0.2) is 0 Å². The van der Waals surface area contributed by atoms with Crippen LogP contribution in [0, 0.1) is 20.8 Å². The number of carbonyl (C=O) groups excluding carboxylic acids is 1. The lowest BCUT2D eigenvalue weighted by atomic mass is 9.94. The Balaban J connectivity index is 1.98. The quantitative estimate of drug-likeness (QED) is 0.676. The van der Waals surface area contributed by atoms with E-state index in [2.05, 4.69) is 0 Å². The lowest BCUT2D eigenvalue weighted by Crippen LogP contribution is -2.46. The summed E-state index contributed by atoms with van der Waals surface area (Å²) in [6.07, 6.45) is 5.40. The number of carbonyl (C=O) groups is 1. The van der Waals surface area contributed by atoms with Gasteiger partial charge in [-0.25, -0.2) is 8.42 Å². The van der Waals surface area contributed by atoms with Gasteiger partial charge in [0.05, 0.1) is 10.6 Å². The van der Waals surface area contributed by atoms with E-state index in [-0.39, 0.29) is 23.4 Å². The van der Waals surface area contributed by atoms with Gasteiger partial charge in [0, 0.05) is 13.1 Å². The third kappa shape index (κ3) is 4.69. The molecule has 0 heterocycles. The van der Waals surface area contributed by atoms with Crippen molar-refractivity contribution < 1.29 is 13.2 Å². The van der Waals surface area contributed by atoms with Crippen molar-refractivity contribution in [2.24, 2.45) is 0 Å². The van der Waals surface area contributed by atoms with Crippen molar-refractivity contribution >= 4 is 21.6 Å². The van der Waals surface area contributed by atoms with E-state index in [1.807, 2.05) is 32.9 Å². The number of anilines is 1. The normalized spacial score (nSPS) is 15.1. The number of aryl methyl sites for hydroxylation is 2. The fourth-order valence-electron chi connectivity index (χ4n) is 4.05. The predicted octanol–water partition coefficient (Wildman–Crippen LogP) is 4.60. The number of rotatable bonds is 6. The lowest BCUT2D eigenvalue weighted by Gasteiger charge is -2.33. The van der Waals surface area contributed by atoms with Gasteiger partial charge in [-0.15, -0.1) is 0 Å². The van der Waals surface area contributed by atoms with Crippen LogP contribution in [0.2, 0.25) is 0 Å². The molecule has 6 heteroatoms. The molecule has 0 bridgehead atoms. The molecule has 1 aliphatic carbocycles. The summed E-state index contributed by atoms with van der Waals surface area (Å²) in [4.78, 5) is 15.1. The number of hydrogen-bond donors (Lipinski definition) is 0. The maximum Gasteiger partial charge on any atom is 0.264 e. The summed E-state index contributed by atoms with van der Waals surface area (Å²) in [5.74, 6) is -0.168. The number of nitrogens with zero attached hydrogens (tertiary/aromatic N) is 2. The van der Waals surface area contributed by atoms with Crippen LogP contribution >= 0.6 is 0 Å². The van der Waals surface area contributed by atoms with Crippen molar-refractivity contribution in [2.75, 3.05) is 17.9 Å². The van der Waals surface area contributed by atoms with Gasteiger partial charge in [-0.05, 0) is 62.9 Å². The minimum absolute atomic E-state index is 0.168. The van der Waals surface area contributed by atoms with E-state index in [0.717, 1.165) is 42.4 Å². The minimum atomic E-state index is -3.88. The van der Waals surface area contributed by atoms with E-state index in [0.29, 0.717) is 5.69 Å². The summed E-state index contributed by atoms with van der Waals surface area (Å²) >= 11 is 0. The van der Waals surface area contributed by atoms with Crippen LogP contribution in [-0.4, -0.2) is 38.9 Å². The van der Waals surface area contributed by atoms with Gasteiger partial charge in [0.25, 0.3) is 10.0 Å². The molecule has 1 aliphatic rings. The van der Waals surface area contributed by atoms with E-state index >= 15 is 0 Å². The van der Waals surface area contributed by atoms with Crippen molar-refractivity contribution in [3.05, 3.63) is 59.2 Å². The van der Waals surface area contributed by atoms with Gasteiger partial charge in [-0.2, -0.15) is 0 Å². The van der Waals surface area contributed by atoms with Crippen LogP contribution in [0.4, 0.5) is 5.69 Å². The molecular formula is C24H32N2O3S. The summed E-state index contributed by atoms with van der Waals surface area (Å²) in [5.41, 5.74) is 3.40. The third-order valence-electron chi connectivity index (χ3n) is 6.25. The molecule has 0 unspecified atom stereocenters. The maximum absolute atomic E-state index is 13.6. The zero-order valence-electron chi connectivity index (χ0n) is 18.4. The molecule has 0 aromatic heterocycles. The summed E-state index contributed by atoms with van der Waals surface area (Å²) < 4.78 is 28.5. The Morgan fingerprint density at radius 3 is 2.23 bits per heavy atom. The second-order valence-electron chi connectivity index (χ2n) is 8.34. The Bertz CT molecular complexity index is 994. The molecule has 1 fully saturated rings. The second-order valence-corrected chi connectivity index (χ2v) is 10.2. The monoisotopic (exact) mass is 428 g/mol. The molecule has 0 saturated heterocycles. The average molecular weight is 429 g/mol. The number of amides is 1.